The number of halogens is 4. The molecular formula is C22H15ClF3N5OS. The predicted molar refractivity (Wildman–Crippen MR) is 120 cm³/mol. The molecule has 33 heavy (non-hydrogen) atoms. The number of anilines is 1. The molecule has 0 aliphatic rings. The maximum atomic E-state index is 13.2. The van der Waals surface area contributed by atoms with E-state index >= 15 is 0 Å². The van der Waals surface area contributed by atoms with E-state index in [0.717, 1.165) is 17.8 Å². The second kappa shape index (κ2) is 9.63. The highest BCUT2D eigenvalue weighted by Crippen LogP contribution is 2.35. The summed E-state index contributed by atoms with van der Waals surface area (Å²) in [6.07, 6.45) is -2.96. The van der Waals surface area contributed by atoms with Crippen molar-refractivity contribution in [2.24, 2.45) is 0 Å². The average Bonchev–Trinajstić information content (AvgIpc) is 3.22. The highest BCUT2D eigenvalue weighted by atomic mass is 35.5. The van der Waals surface area contributed by atoms with Gasteiger partial charge in [0.25, 0.3) is 0 Å². The summed E-state index contributed by atoms with van der Waals surface area (Å²) >= 11 is 7.04. The summed E-state index contributed by atoms with van der Waals surface area (Å²) in [5, 5.41) is 11.6. The van der Waals surface area contributed by atoms with Crippen molar-refractivity contribution in [1.82, 2.24) is 19.7 Å². The highest BCUT2D eigenvalue weighted by Gasteiger charge is 2.33. The summed E-state index contributed by atoms with van der Waals surface area (Å²) in [6, 6.07) is 17.1. The highest BCUT2D eigenvalue weighted by molar-refractivity contribution is 7.99. The van der Waals surface area contributed by atoms with Crippen molar-refractivity contribution in [3.05, 3.63) is 83.5 Å². The van der Waals surface area contributed by atoms with Crippen molar-refractivity contribution >= 4 is 35.0 Å². The molecule has 0 saturated heterocycles. The zero-order valence-electron chi connectivity index (χ0n) is 16.8. The zero-order chi connectivity index (χ0) is 23.4. The molecule has 11 heteroatoms. The fraction of sp³-hybridized carbons (Fsp3) is 0.0909. The molecule has 168 valence electrons. The van der Waals surface area contributed by atoms with E-state index in [9.17, 15) is 18.0 Å². The number of carbonyl (C=O) groups is 1. The number of thioether (sulfide) groups is 1. The van der Waals surface area contributed by atoms with Gasteiger partial charge >= 0.3 is 6.18 Å². The normalized spacial score (nSPS) is 11.4. The summed E-state index contributed by atoms with van der Waals surface area (Å²) in [5.41, 5.74) is 0.0415. The van der Waals surface area contributed by atoms with E-state index in [1.165, 1.54) is 18.2 Å². The minimum absolute atomic E-state index is 0.180. The molecule has 0 radical (unpaired) electrons. The fourth-order valence-corrected chi connectivity index (χ4v) is 3.88. The van der Waals surface area contributed by atoms with Crippen molar-refractivity contribution in [2.45, 2.75) is 11.3 Å². The Bertz CT molecular complexity index is 1260. The van der Waals surface area contributed by atoms with Crippen molar-refractivity contribution in [3.8, 4) is 17.2 Å². The SMILES string of the molecule is O=C(CSc1nnc(-c2ccccn2)n1-c1ccc(Cl)cc1)Nc1ccccc1C(F)(F)F. The Hall–Kier alpha value is -3.37. The van der Waals surface area contributed by atoms with Crippen LogP contribution in [0.2, 0.25) is 5.02 Å². The lowest BCUT2D eigenvalue weighted by Crippen LogP contribution is -2.18. The maximum Gasteiger partial charge on any atom is 0.418 e. The molecule has 6 nitrogen and oxygen atoms in total. The topological polar surface area (TPSA) is 72.7 Å². The van der Waals surface area contributed by atoms with Gasteiger partial charge in [0.2, 0.25) is 5.91 Å². The Labute approximate surface area is 195 Å². The van der Waals surface area contributed by atoms with Crippen LogP contribution in [-0.4, -0.2) is 31.4 Å². The molecule has 1 N–H and O–H groups in total. The van der Waals surface area contributed by atoms with Crippen molar-refractivity contribution in [3.63, 3.8) is 0 Å². The number of amides is 1. The van der Waals surface area contributed by atoms with Gasteiger partial charge in [-0.15, -0.1) is 10.2 Å². The number of para-hydroxylation sites is 1. The van der Waals surface area contributed by atoms with Gasteiger partial charge in [0.1, 0.15) is 5.69 Å². The Morgan fingerprint density at radius 3 is 2.42 bits per heavy atom. The number of pyridine rings is 1. The first kappa shape index (κ1) is 22.8. The summed E-state index contributed by atoms with van der Waals surface area (Å²) in [4.78, 5) is 16.8. The van der Waals surface area contributed by atoms with Gasteiger partial charge in [0, 0.05) is 16.9 Å². The first-order valence-electron chi connectivity index (χ1n) is 9.54. The van der Waals surface area contributed by atoms with Crippen LogP contribution in [0.4, 0.5) is 18.9 Å². The lowest BCUT2D eigenvalue weighted by molar-refractivity contribution is -0.137. The number of hydrogen-bond donors (Lipinski definition) is 1. The van der Waals surface area contributed by atoms with Crippen molar-refractivity contribution in [1.29, 1.82) is 0 Å². The quantitative estimate of drug-likeness (QED) is 0.350. The Morgan fingerprint density at radius 1 is 1.00 bits per heavy atom. The molecule has 4 aromatic rings. The van der Waals surface area contributed by atoms with Gasteiger partial charge in [0.15, 0.2) is 11.0 Å². The van der Waals surface area contributed by atoms with Crippen LogP contribution in [0.15, 0.2) is 78.1 Å². The van der Waals surface area contributed by atoms with Gasteiger partial charge in [-0.05, 0) is 48.5 Å². The van der Waals surface area contributed by atoms with Crippen LogP contribution < -0.4 is 5.32 Å². The lowest BCUT2D eigenvalue weighted by atomic mass is 10.1. The van der Waals surface area contributed by atoms with Crippen LogP contribution in [0, 0.1) is 0 Å². The molecular weight excluding hydrogens is 475 g/mol. The Balaban J connectivity index is 1.58. The summed E-state index contributed by atoms with van der Waals surface area (Å²) < 4.78 is 41.3. The summed E-state index contributed by atoms with van der Waals surface area (Å²) in [7, 11) is 0. The number of nitrogens with one attached hydrogen (secondary N) is 1. The predicted octanol–water partition coefficient (Wildman–Crippen LogP) is 5.73. The third-order valence-corrected chi connectivity index (χ3v) is 5.63. The molecule has 0 aliphatic heterocycles. The molecule has 2 heterocycles. The maximum absolute atomic E-state index is 13.2. The van der Waals surface area contributed by atoms with E-state index in [1.54, 1.807) is 47.2 Å². The third kappa shape index (κ3) is 5.35. The third-order valence-electron chi connectivity index (χ3n) is 4.45. The molecule has 0 spiro atoms. The van der Waals surface area contributed by atoms with Crippen LogP contribution in [0.3, 0.4) is 0 Å². The number of alkyl halides is 3. The number of carbonyl (C=O) groups excluding carboxylic acids is 1. The van der Waals surface area contributed by atoms with Crippen molar-refractivity contribution in [2.75, 3.05) is 11.1 Å². The Kier molecular flexibility index (Phi) is 6.66. The Morgan fingerprint density at radius 2 is 1.73 bits per heavy atom. The van der Waals surface area contributed by atoms with E-state index < -0.39 is 17.6 Å². The van der Waals surface area contributed by atoms with Gasteiger partial charge in [-0.25, -0.2) is 0 Å². The zero-order valence-corrected chi connectivity index (χ0v) is 18.3. The van der Waals surface area contributed by atoms with Crippen LogP contribution >= 0.6 is 23.4 Å². The molecule has 1 amide bonds. The number of rotatable bonds is 6. The molecule has 0 aliphatic carbocycles. The number of hydrogen-bond acceptors (Lipinski definition) is 5. The smallest absolute Gasteiger partial charge is 0.325 e. The lowest BCUT2D eigenvalue weighted by Gasteiger charge is -2.13. The van der Waals surface area contributed by atoms with E-state index in [2.05, 4.69) is 20.5 Å². The van der Waals surface area contributed by atoms with Gasteiger partial charge in [-0.3, -0.25) is 14.3 Å². The minimum atomic E-state index is -4.58. The second-order valence-corrected chi connectivity index (χ2v) is 8.09. The number of benzene rings is 2. The van der Waals surface area contributed by atoms with Crippen LogP contribution in [0.1, 0.15) is 5.56 Å². The molecule has 0 bridgehead atoms. The molecule has 0 atom stereocenters. The molecule has 0 saturated carbocycles. The molecule has 2 aromatic carbocycles. The average molecular weight is 490 g/mol. The first-order valence-corrected chi connectivity index (χ1v) is 10.9. The number of aromatic nitrogens is 4. The first-order chi connectivity index (χ1) is 15.8. The van der Waals surface area contributed by atoms with E-state index in [4.69, 9.17) is 11.6 Å². The van der Waals surface area contributed by atoms with Gasteiger partial charge in [-0.2, -0.15) is 13.2 Å². The van der Waals surface area contributed by atoms with Gasteiger partial charge in [0.05, 0.1) is 17.0 Å². The monoisotopic (exact) mass is 489 g/mol. The van der Waals surface area contributed by atoms with Crippen LogP contribution in [0.25, 0.3) is 17.2 Å². The standard InChI is InChI=1S/C22H15ClF3N5OS/c23-14-8-10-15(11-9-14)31-20(18-7-3-4-12-27-18)29-30-21(31)33-13-19(32)28-17-6-2-1-5-16(17)22(24,25)26/h1-12H,13H2,(H,28,32). The minimum Gasteiger partial charge on any atom is -0.325 e. The second-order valence-electron chi connectivity index (χ2n) is 6.71. The largest absolute Gasteiger partial charge is 0.418 e. The van der Waals surface area contributed by atoms with Crippen LogP contribution in [0.5, 0.6) is 0 Å². The molecule has 4 rings (SSSR count). The molecule has 2 aromatic heterocycles. The van der Waals surface area contributed by atoms with E-state index in [-0.39, 0.29) is 11.4 Å². The van der Waals surface area contributed by atoms with Gasteiger partial charge in [-0.1, -0.05) is 41.6 Å². The summed E-state index contributed by atoms with van der Waals surface area (Å²) in [5.74, 6) is -0.342. The van der Waals surface area contributed by atoms with Crippen LogP contribution in [-0.2, 0) is 11.0 Å². The number of nitrogens with zero attached hydrogens (tertiary/aromatic N) is 4. The van der Waals surface area contributed by atoms with Gasteiger partial charge < -0.3 is 5.32 Å². The van der Waals surface area contributed by atoms with Crippen molar-refractivity contribution < 1.29 is 18.0 Å². The molecule has 0 fully saturated rings. The van der Waals surface area contributed by atoms with E-state index in [0.29, 0.717) is 27.4 Å². The molecule has 0 unspecified atom stereocenters. The fourth-order valence-electron chi connectivity index (χ4n) is 3.00. The van der Waals surface area contributed by atoms with E-state index in [1.807, 2.05) is 6.07 Å². The summed E-state index contributed by atoms with van der Waals surface area (Å²) in [6.45, 7) is 0.